The molecule has 3 heterocycles. The zero-order chi connectivity index (χ0) is 30.5. The van der Waals surface area contributed by atoms with Crippen LogP contribution in [-0.4, -0.2) is 11.3 Å². The van der Waals surface area contributed by atoms with Crippen molar-refractivity contribution in [2.75, 3.05) is 4.90 Å². The predicted molar refractivity (Wildman–Crippen MR) is 184 cm³/mol. The summed E-state index contributed by atoms with van der Waals surface area (Å²) in [5, 5.41) is 4.54. The van der Waals surface area contributed by atoms with Gasteiger partial charge in [0.25, 0.3) is 6.71 Å². The highest BCUT2D eigenvalue weighted by Gasteiger charge is 2.43. The molecule has 0 saturated carbocycles. The van der Waals surface area contributed by atoms with E-state index in [9.17, 15) is 8.78 Å². The Morgan fingerprint density at radius 1 is 0.500 bits per heavy atom. The lowest BCUT2D eigenvalue weighted by molar-refractivity contribution is 0.488. The number of halogens is 2. The number of aromatic nitrogens is 1. The highest BCUT2D eigenvalue weighted by Crippen LogP contribution is 2.44. The fourth-order valence-electron chi connectivity index (χ4n) is 7.73. The van der Waals surface area contributed by atoms with Gasteiger partial charge in [0.2, 0.25) is 0 Å². The minimum absolute atomic E-state index is 0.155. The molecule has 1 aromatic heterocycles. The van der Waals surface area contributed by atoms with E-state index >= 15 is 0 Å². The molecule has 3 nitrogen and oxygen atoms in total. The van der Waals surface area contributed by atoms with E-state index in [1.165, 1.54) is 12.1 Å². The number of para-hydroxylation sites is 3. The Kier molecular flexibility index (Phi) is 5.16. The summed E-state index contributed by atoms with van der Waals surface area (Å²) in [6.07, 6.45) is 0. The molecular formula is C40H23BF2N2O. The number of benzene rings is 7. The third kappa shape index (κ3) is 3.47. The smallest absolute Gasteiger partial charge is 0.257 e. The number of nitrogens with zero attached hydrogens (tertiary/aromatic N) is 2. The monoisotopic (exact) mass is 596 g/mol. The molecular weight excluding hydrogens is 573 g/mol. The summed E-state index contributed by atoms with van der Waals surface area (Å²) in [5.74, 6) is 0.268. The van der Waals surface area contributed by atoms with Crippen LogP contribution in [0.5, 0.6) is 11.5 Å². The summed E-state index contributed by atoms with van der Waals surface area (Å²) in [7, 11) is 0. The van der Waals surface area contributed by atoms with E-state index in [1.54, 1.807) is 0 Å². The second-order valence-electron chi connectivity index (χ2n) is 12.0. The first-order valence-corrected chi connectivity index (χ1v) is 15.4. The summed E-state index contributed by atoms with van der Waals surface area (Å²) in [5.41, 5.74) is 8.24. The first-order chi connectivity index (χ1) is 22.6. The van der Waals surface area contributed by atoms with Crippen LogP contribution in [0, 0.1) is 11.6 Å². The molecule has 46 heavy (non-hydrogen) atoms. The second kappa shape index (κ2) is 9.32. The van der Waals surface area contributed by atoms with Gasteiger partial charge < -0.3 is 14.2 Å². The van der Waals surface area contributed by atoms with Gasteiger partial charge in [-0.05, 0) is 69.6 Å². The zero-order valence-corrected chi connectivity index (χ0v) is 24.4. The highest BCUT2D eigenvalue weighted by molar-refractivity contribution is 7.00. The Balaban J connectivity index is 1.34. The van der Waals surface area contributed by atoms with Crippen molar-refractivity contribution in [3.8, 4) is 17.2 Å². The lowest BCUT2D eigenvalue weighted by Crippen LogP contribution is -2.59. The summed E-state index contributed by atoms with van der Waals surface area (Å²) in [6.45, 7) is -0.155. The van der Waals surface area contributed by atoms with Crippen LogP contribution in [0.3, 0.4) is 0 Å². The fraction of sp³-hybridized carbons (Fsp3) is 0. The minimum atomic E-state index is -0.630. The first kappa shape index (κ1) is 25.5. The number of ether oxygens (including phenoxy) is 1. The zero-order valence-electron chi connectivity index (χ0n) is 24.4. The molecule has 0 bridgehead atoms. The third-order valence-corrected chi connectivity index (χ3v) is 9.51. The number of rotatable bonds is 2. The molecule has 7 aromatic carbocycles. The molecule has 2 aliphatic rings. The van der Waals surface area contributed by atoms with Gasteiger partial charge in [0.05, 0.1) is 22.4 Å². The molecule has 2 aliphatic heterocycles. The number of hydrogen-bond acceptors (Lipinski definition) is 2. The maximum Gasteiger partial charge on any atom is 0.257 e. The summed E-state index contributed by atoms with van der Waals surface area (Å²) < 4.78 is 38.9. The Morgan fingerprint density at radius 2 is 1.15 bits per heavy atom. The van der Waals surface area contributed by atoms with Gasteiger partial charge in [-0.25, -0.2) is 8.78 Å². The van der Waals surface area contributed by atoms with Gasteiger partial charge >= 0.3 is 0 Å². The van der Waals surface area contributed by atoms with Crippen LogP contribution in [0.15, 0.2) is 140 Å². The Labute approximate surface area is 263 Å². The molecule has 0 amide bonds. The van der Waals surface area contributed by atoms with Crippen molar-refractivity contribution < 1.29 is 13.5 Å². The average Bonchev–Trinajstić information content (AvgIpc) is 3.42. The van der Waals surface area contributed by atoms with Crippen molar-refractivity contribution in [3.63, 3.8) is 0 Å². The van der Waals surface area contributed by atoms with Gasteiger partial charge in [-0.15, -0.1) is 0 Å². The SMILES string of the molecule is Fc1cc(F)cc(N2c3ccccc3B3c4c(cc(-n5c6ccccc6c6ccccc65)cc42)Oc2ccc4ccccc4c23)c1. The molecule has 8 aromatic rings. The van der Waals surface area contributed by atoms with Gasteiger partial charge in [-0.1, -0.05) is 84.9 Å². The molecule has 0 spiro atoms. The van der Waals surface area contributed by atoms with E-state index in [1.807, 2.05) is 41.3 Å². The molecule has 0 N–H and O–H groups in total. The van der Waals surface area contributed by atoms with Crippen LogP contribution >= 0.6 is 0 Å². The van der Waals surface area contributed by atoms with Crippen LogP contribution < -0.4 is 26.0 Å². The molecule has 0 saturated heterocycles. The van der Waals surface area contributed by atoms with Crippen molar-refractivity contribution in [1.29, 1.82) is 0 Å². The van der Waals surface area contributed by atoms with E-state index in [4.69, 9.17) is 4.74 Å². The number of anilines is 3. The fourth-order valence-corrected chi connectivity index (χ4v) is 7.73. The molecule has 0 aliphatic carbocycles. The highest BCUT2D eigenvalue weighted by atomic mass is 19.1. The van der Waals surface area contributed by atoms with Gasteiger partial charge in [0, 0.05) is 34.3 Å². The van der Waals surface area contributed by atoms with E-state index in [-0.39, 0.29) is 6.71 Å². The first-order valence-electron chi connectivity index (χ1n) is 15.4. The van der Waals surface area contributed by atoms with Crippen molar-refractivity contribution in [2.45, 2.75) is 0 Å². The largest absolute Gasteiger partial charge is 0.458 e. The van der Waals surface area contributed by atoms with Crippen LogP contribution in [-0.2, 0) is 0 Å². The summed E-state index contributed by atoms with van der Waals surface area (Å²) in [4.78, 5) is 1.98. The quantitative estimate of drug-likeness (QED) is 0.186. The van der Waals surface area contributed by atoms with Crippen molar-refractivity contribution in [3.05, 3.63) is 151 Å². The lowest BCUT2D eigenvalue weighted by Gasteiger charge is -2.40. The Bertz CT molecular complexity index is 2500. The van der Waals surface area contributed by atoms with Gasteiger partial charge in [0.1, 0.15) is 23.1 Å². The Hall–Kier alpha value is -5.88. The normalized spacial score (nSPS) is 13.1. The molecule has 6 heteroatoms. The summed E-state index contributed by atoms with van der Waals surface area (Å²) >= 11 is 0. The van der Waals surface area contributed by atoms with Gasteiger partial charge in [-0.2, -0.15) is 0 Å². The van der Waals surface area contributed by atoms with E-state index < -0.39 is 11.6 Å². The maximum atomic E-state index is 14.9. The van der Waals surface area contributed by atoms with Crippen LogP contribution in [0.2, 0.25) is 0 Å². The Morgan fingerprint density at radius 3 is 1.91 bits per heavy atom. The van der Waals surface area contributed by atoms with Crippen LogP contribution in [0.1, 0.15) is 0 Å². The third-order valence-electron chi connectivity index (χ3n) is 9.51. The molecule has 10 rings (SSSR count). The van der Waals surface area contributed by atoms with Crippen LogP contribution in [0.4, 0.5) is 25.8 Å². The van der Waals surface area contributed by atoms with Crippen molar-refractivity contribution in [1.82, 2.24) is 4.57 Å². The van der Waals surface area contributed by atoms with Crippen molar-refractivity contribution in [2.24, 2.45) is 0 Å². The molecule has 216 valence electrons. The topological polar surface area (TPSA) is 17.4 Å². The summed E-state index contributed by atoms with van der Waals surface area (Å²) in [6, 6.07) is 45.4. The molecule has 0 radical (unpaired) electrons. The van der Waals surface area contributed by atoms with Crippen molar-refractivity contribution >= 4 is 72.7 Å². The predicted octanol–water partition coefficient (Wildman–Crippen LogP) is 8.62. The maximum absolute atomic E-state index is 14.9. The standard InChI is InChI=1S/C40H23BF2N2O/c42-25-19-26(43)21-27(20-25)45-35-16-8-5-13-32(35)41-39-29-10-2-1-9-24(29)17-18-37(39)46-38-23-28(22-36(45)40(38)41)44-33-14-6-3-11-30(33)31-12-4-7-15-34(31)44/h1-23H. The van der Waals surface area contributed by atoms with E-state index in [0.717, 1.165) is 83.6 Å². The minimum Gasteiger partial charge on any atom is -0.458 e. The second-order valence-corrected chi connectivity index (χ2v) is 12.0. The molecule has 0 fully saturated rings. The average molecular weight is 596 g/mol. The van der Waals surface area contributed by atoms with E-state index in [0.29, 0.717) is 5.69 Å². The molecule has 0 unspecified atom stereocenters. The lowest BCUT2D eigenvalue weighted by atomic mass is 9.33. The van der Waals surface area contributed by atoms with E-state index in [2.05, 4.69) is 89.5 Å². The number of fused-ring (bicyclic) bond motifs is 9. The number of hydrogen-bond donors (Lipinski definition) is 0. The van der Waals surface area contributed by atoms with Gasteiger partial charge in [-0.3, -0.25) is 0 Å². The van der Waals surface area contributed by atoms with Crippen LogP contribution in [0.25, 0.3) is 38.3 Å². The molecule has 0 atom stereocenters. The van der Waals surface area contributed by atoms with Gasteiger partial charge in [0.15, 0.2) is 0 Å².